The maximum absolute atomic E-state index is 5.29. The largest absolute Gasteiger partial charge is 0.292 e. The third-order valence-corrected chi connectivity index (χ3v) is 6.66. The summed E-state index contributed by atoms with van der Waals surface area (Å²) in [5, 5.41) is 4.83. The Morgan fingerprint density at radius 1 is 0.514 bits per heavy atom. The molecule has 0 N–H and O–H groups in total. The lowest BCUT2D eigenvalue weighted by atomic mass is 10.00. The topological polar surface area (TPSA) is 30.7 Å². The first-order valence-electron chi connectivity index (χ1n) is 11.8. The molecule has 0 aliphatic carbocycles. The zero-order valence-electron chi connectivity index (χ0n) is 19.0. The molecule has 0 aliphatic rings. The molecular formula is C32H21N3. The maximum Gasteiger partial charge on any atom is 0.145 e. The maximum atomic E-state index is 5.29. The summed E-state index contributed by atoms with van der Waals surface area (Å²) in [5.74, 6) is 0.936. The lowest BCUT2D eigenvalue weighted by molar-refractivity contribution is 1.11. The van der Waals surface area contributed by atoms with Crippen molar-refractivity contribution in [1.29, 1.82) is 0 Å². The van der Waals surface area contributed by atoms with Gasteiger partial charge in [-0.2, -0.15) is 0 Å². The van der Waals surface area contributed by atoms with Crippen LogP contribution in [-0.2, 0) is 0 Å². The van der Waals surface area contributed by atoms with Crippen LogP contribution in [0.5, 0.6) is 0 Å². The van der Waals surface area contributed by atoms with Crippen LogP contribution in [0.25, 0.3) is 60.8 Å². The average molecular weight is 448 g/mol. The fraction of sp³-hybridized carbons (Fsp3) is 0. The second-order valence-electron chi connectivity index (χ2n) is 8.72. The SMILES string of the molecule is c1ccc(-c2nc3c4ccccc4c4ccccc4c3n2-c2cccc(-c3cccnc3)c2)cc1. The van der Waals surface area contributed by atoms with Crippen LogP contribution < -0.4 is 0 Å². The summed E-state index contributed by atoms with van der Waals surface area (Å²) < 4.78 is 2.32. The van der Waals surface area contributed by atoms with Crippen LogP contribution in [0.1, 0.15) is 0 Å². The Morgan fingerprint density at radius 3 is 1.94 bits per heavy atom. The van der Waals surface area contributed by atoms with Crippen LogP contribution in [0.2, 0.25) is 0 Å². The van der Waals surface area contributed by atoms with E-state index in [2.05, 4.69) is 113 Å². The summed E-state index contributed by atoms with van der Waals surface area (Å²) in [4.78, 5) is 9.62. The van der Waals surface area contributed by atoms with E-state index in [1.807, 2.05) is 24.5 Å². The smallest absolute Gasteiger partial charge is 0.145 e. The van der Waals surface area contributed by atoms with Gasteiger partial charge in [-0.05, 0) is 34.5 Å². The first kappa shape index (κ1) is 19.7. The predicted molar refractivity (Wildman–Crippen MR) is 145 cm³/mol. The number of imidazole rings is 1. The summed E-state index contributed by atoms with van der Waals surface area (Å²) in [6.45, 7) is 0. The number of nitrogens with zero attached hydrogens (tertiary/aromatic N) is 3. The molecule has 3 heteroatoms. The van der Waals surface area contributed by atoms with E-state index in [1.54, 1.807) is 0 Å². The Labute approximate surface area is 203 Å². The van der Waals surface area contributed by atoms with Crippen molar-refractivity contribution in [2.24, 2.45) is 0 Å². The molecule has 0 aliphatic heterocycles. The van der Waals surface area contributed by atoms with Gasteiger partial charge in [-0.3, -0.25) is 9.55 Å². The van der Waals surface area contributed by atoms with Crippen LogP contribution in [0, 0.1) is 0 Å². The number of fused-ring (bicyclic) bond motifs is 6. The van der Waals surface area contributed by atoms with Gasteiger partial charge in [0.05, 0.1) is 11.0 Å². The highest BCUT2D eigenvalue weighted by molar-refractivity contribution is 6.24. The van der Waals surface area contributed by atoms with Gasteiger partial charge in [-0.25, -0.2) is 4.98 Å². The zero-order chi connectivity index (χ0) is 23.2. The van der Waals surface area contributed by atoms with Gasteiger partial charge >= 0.3 is 0 Å². The first-order chi connectivity index (χ1) is 17.4. The highest BCUT2D eigenvalue weighted by atomic mass is 15.1. The molecule has 0 saturated heterocycles. The molecule has 5 aromatic carbocycles. The molecule has 0 saturated carbocycles. The Bertz CT molecular complexity index is 1830. The van der Waals surface area contributed by atoms with Crippen LogP contribution in [-0.4, -0.2) is 14.5 Å². The predicted octanol–water partition coefficient (Wildman–Crippen LogP) is 8.06. The summed E-state index contributed by atoms with van der Waals surface area (Å²) in [6.07, 6.45) is 3.72. The lowest BCUT2D eigenvalue weighted by Crippen LogP contribution is -1.98. The number of pyridine rings is 1. The number of benzene rings is 5. The summed E-state index contributed by atoms with van der Waals surface area (Å²) in [6, 6.07) is 40.4. The quantitative estimate of drug-likeness (QED) is 0.256. The summed E-state index contributed by atoms with van der Waals surface area (Å²) in [5.41, 5.74) is 6.53. The van der Waals surface area contributed by atoms with E-state index in [1.165, 1.54) is 21.5 Å². The second kappa shape index (κ2) is 7.93. The van der Waals surface area contributed by atoms with Crippen molar-refractivity contribution < 1.29 is 0 Å². The van der Waals surface area contributed by atoms with Gasteiger partial charge in [0, 0.05) is 40.0 Å². The molecule has 0 unspecified atom stereocenters. The minimum absolute atomic E-state index is 0.936. The Morgan fingerprint density at radius 2 is 1.17 bits per heavy atom. The van der Waals surface area contributed by atoms with Crippen LogP contribution in [0.4, 0.5) is 0 Å². The average Bonchev–Trinajstić information content (AvgIpc) is 3.36. The van der Waals surface area contributed by atoms with Gasteiger partial charge in [0.1, 0.15) is 5.82 Å². The van der Waals surface area contributed by atoms with Crippen molar-refractivity contribution in [3.05, 3.63) is 128 Å². The molecule has 0 bridgehead atoms. The van der Waals surface area contributed by atoms with Gasteiger partial charge in [-0.15, -0.1) is 0 Å². The Balaban J connectivity index is 1.65. The Hall–Kier alpha value is -4.76. The van der Waals surface area contributed by atoms with E-state index in [0.717, 1.165) is 39.2 Å². The number of hydrogen-bond donors (Lipinski definition) is 0. The number of aromatic nitrogens is 3. The van der Waals surface area contributed by atoms with Crippen molar-refractivity contribution in [2.45, 2.75) is 0 Å². The van der Waals surface area contributed by atoms with Gasteiger partial charge in [-0.1, -0.05) is 97.1 Å². The van der Waals surface area contributed by atoms with E-state index in [9.17, 15) is 0 Å². The van der Waals surface area contributed by atoms with Crippen molar-refractivity contribution in [3.63, 3.8) is 0 Å². The molecule has 0 fully saturated rings. The van der Waals surface area contributed by atoms with Crippen LogP contribution in [0.15, 0.2) is 128 Å². The van der Waals surface area contributed by atoms with Gasteiger partial charge in [0.25, 0.3) is 0 Å². The van der Waals surface area contributed by atoms with E-state index >= 15 is 0 Å². The highest BCUT2D eigenvalue weighted by Crippen LogP contribution is 2.39. The lowest BCUT2D eigenvalue weighted by Gasteiger charge is -2.13. The Kier molecular flexibility index (Phi) is 4.46. The molecule has 2 aromatic heterocycles. The molecule has 164 valence electrons. The second-order valence-corrected chi connectivity index (χ2v) is 8.72. The third-order valence-electron chi connectivity index (χ3n) is 6.66. The fourth-order valence-electron chi connectivity index (χ4n) is 5.10. The van der Waals surface area contributed by atoms with Crippen molar-refractivity contribution >= 4 is 32.6 Å². The first-order valence-corrected chi connectivity index (χ1v) is 11.8. The van der Waals surface area contributed by atoms with E-state index in [0.29, 0.717) is 0 Å². The minimum Gasteiger partial charge on any atom is -0.292 e. The van der Waals surface area contributed by atoms with Gasteiger partial charge in [0.2, 0.25) is 0 Å². The molecule has 3 nitrogen and oxygen atoms in total. The molecule has 7 aromatic rings. The minimum atomic E-state index is 0.936. The van der Waals surface area contributed by atoms with E-state index < -0.39 is 0 Å². The van der Waals surface area contributed by atoms with Gasteiger partial charge in [0.15, 0.2) is 0 Å². The third kappa shape index (κ3) is 3.13. The van der Waals surface area contributed by atoms with Crippen LogP contribution >= 0.6 is 0 Å². The molecule has 0 radical (unpaired) electrons. The zero-order valence-corrected chi connectivity index (χ0v) is 19.0. The van der Waals surface area contributed by atoms with E-state index in [-0.39, 0.29) is 0 Å². The molecule has 35 heavy (non-hydrogen) atoms. The van der Waals surface area contributed by atoms with Crippen molar-refractivity contribution in [1.82, 2.24) is 14.5 Å². The normalized spacial score (nSPS) is 11.4. The van der Waals surface area contributed by atoms with Crippen LogP contribution in [0.3, 0.4) is 0 Å². The molecule has 7 rings (SSSR count). The summed E-state index contributed by atoms with van der Waals surface area (Å²) >= 11 is 0. The number of rotatable bonds is 3. The molecule has 2 heterocycles. The monoisotopic (exact) mass is 447 g/mol. The standard InChI is InChI=1S/C32H21N3/c1-2-10-22(11-3-1)32-34-30-28-17-6-4-15-26(28)27-16-5-7-18-29(27)31(30)35(32)25-14-8-12-23(20-25)24-13-9-19-33-21-24/h1-21H. The molecular weight excluding hydrogens is 426 g/mol. The van der Waals surface area contributed by atoms with E-state index in [4.69, 9.17) is 4.98 Å². The summed E-state index contributed by atoms with van der Waals surface area (Å²) in [7, 11) is 0. The fourth-order valence-corrected chi connectivity index (χ4v) is 5.10. The molecule has 0 spiro atoms. The highest BCUT2D eigenvalue weighted by Gasteiger charge is 2.20. The molecule has 0 amide bonds. The number of hydrogen-bond acceptors (Lipinski definition) is 2. The van der Waals surface area contributed by atoms with Crippen molar-refractivity contribution in [2.75, 3.05) is 0 Å². The molecule has 0 atom stereocenters. The van der Waals surface area contributed by atoms with Crippen molar-refractivity contribution in [3.8, 4) is 28.2 Å². The van der Waals surface area contributed by atoms with Gasteiger partial charge < -0.3 is 0 Å².